The summed E-state index contributed by atoms with van der Waals surface area (Å²) >= 11 is 0. The first-order chi connectivity index (χ1) is 9.94. The van der Waals surface area contributed by atoms with E-state index in [0.717, 1.165) is 5.56 Å². The van der Waals surface area contributed by atoms with Crippen molar-refractivity contribution in [2.75, 3.05) is 21.3 Å². The first kappa shape index (κ1) is 17.5. The zero-order valence-corrected chi connectivity index (χ0v) is 13.3. The van der Waals surface area contributed by atoms with Gasteiger partial charge in [-0.1, -0.05) is 19.9 Å². The first-order valence-corrected chi connectivity index (χ1v) is 7.04. The van der Waals surface area contributed by atoms with Gasteiger partial charge in [0.25, 0.3) is 0 Å². The summed E-state index contributed by atoms with van der Waals surface area (Å²) in [5, 5.41) is 13.6. The molecule has 0 radical (unpaired) electrons. The Labute approximate surface area is 126 Å². The van der Waals surface area contributed by atoms with Crippen molar-refractivity contribution in [3.8, 4) is 5.75 Å². The van der Waals surface area contributed by atoms with Crippen LogP contribution in [0.3, 0.4) is 0 Å². The van der Waals surface area contributed by atoms with E-state index in [0.29, 0.717) is 17.2 Å². The number of carbonyl (C=O) groups excluding carboxylic acids is 1. The van der Waals surface area contributed by atoms with Crippen LogP contribution >= 0.6 is 0 Å². The van der Waals surface area contributed by atoms with Crippen molar-refractivity contribution in [1.82, 2.24) is 5.32 Å². The van der Waals surface area contributed by atoms with Crippen LogP contribution in [-0.4, -0.2) is 38.4 Å². The molecule has 118 valence electrons. The average Bonchev–Trinajstić information content (AvgIpc) is 2.50. The van der Waals surface area contributed by atoms with E-state index in [1.54, 1.807) is 14.2 Å². The largest absolute Gasteiger partial charge is 0.496 e. The van der Waals surface area contributed by atoms with Crippen LogP contribution in [0.25, 0.3) is 0 Å². The van der Waals surface area contributed by atoms with E-state index < -0.39 is 12.1 Å². The minimum Gasteiger partial charge on any atom is -0.496 e. The van der Waals surface area contributed by atoms with E-state index in [-0.39, 0.29) is 12.4 Å². The Morgan fingerprint density at radius 1 is 1.33 bits per heavy atom. The molecular formula is C16H25NO4. The molecule has 0 saturated carbocycles. The maximum absolute atomic E-state index is 11.4. The minimum absolute atomic E-state index is 0.0865. The summed E-state index contributed by atoms with van der Waals surface area (Å²) in [6.07, 6.45) is -0.772. The van der Waals surface area contributed by atoms with Gasteiger partial charge in [-0.25, -0.2) is 0 Å². The highest BCUT2D eigenvalue weighted by molar-refractivity contribution is 5.70. The summed E-state index contributed by atoms with van der Waals surface area (Å²) in [6.45, 7) is 4.17. The van der Waals surface area contributed by atoms with Gasteiger partial charge in [-0.2, -0.15) is 0 Å². The maximum atomic E-state index is 11.4. The van der Waals surface area contributed by atoms with Gasteiger partial charge < -0.3 is 19.9 Å². The lowest BCUT2D eigenvalue weighted by molar-refractivity contribution is -0.142. The molecule has 0 aliphatic carbocycles. The van der Waals surface area contributed by atoms with E-state index >= 15 is 0 Å². The third-order valence-electron chi connectivity index (χ3n) is 3.61. The Bertz CT molecular complexity index is 473. The van der Waals surface area contributed by atoms with Gasteiger partial charge in [-0.15, -0.1) is 0 Å². The molecule has 5 heteroatoms. The third kappa shape index (κ3) is 4.44. The molecule has 0 aliphatic rings. The molecule has 1 aromatic carbocycles. The number of carbonyl (C=O) groups is 1. The Morgan fingerprint density at radius 2 is 2.00 bits per heavy atom. The molecule has 0 aliphatic heterocycles. The molecule has 0 spiro atoms. The third-order valence-corrected chi connectivity index (χ3v) is 3.61. The number of hydrogen-bond donors (Lipinski definition) is 2. The highest BCUT2D eigenvalue weighted by Gasteiger charge is 2.25. The number of esters is 1. The standard InChI is InChI=1S/C16H25NO4/c1-10(2)11-6-7-14(20-4)12(8-11)16(19)13(17-3)9-15(18)21-5/h6-8,10,13,16-17,19H,9H2,1-5H3. The second-order valence-corrected chi connectivity index (χ2v) is 5.28. The van der Waals surface area contributed by atoms with Crippen molar-refractivity contribution >= 4 is 5.97 Å². The molecule has 0 fully saturated rings. The van der Waals surface area contributed by atoms with Crippen molar-refractivity contribution in [2.45, 2.75) is 38.3 Å². The van der Waals surface area contributed by atoms with Crippen molar-refractivity contribution < 1.29 is 19.4 Å². The van der Waals surface area contributed by atoms with Crippen molar-refractivity contribution in [3.05, 3.63) is 29.3 Å². The predicted molar refractivity (Wildman–Crippen MR) is 81.5 cm³/mol. The Balaban J connectivity index is 3.10. The summed E-state index contributed by atoms with van der Waals surface area (Å²) in [5.74, 6) is 0.583. The minimum atomic E-state index is -0.859. The van der Waals surface area contributed by atoms with Crippen LogP contribution in [0.15, 0.2) is 18.2 Å². The Morgan fingerprint density at radius 3 is 2.48 bits per heavy atom. The molecule has 5 nitrogen and oxygen atoms in total. The van der Waals surface area contributed by atoms with Gasteiger partial charge in [-0.05, 0) is 30.7 Å². The fraction of sp³-hybridized carbons (Fsp3) is 0.562. The molecule has 1 aromatic rings. The molecule has 2 atom stereocenters. The van der Waals surface area contributed by atoms with Crippen LogP contribution in [-0.2, 0) is 9.53 Å². The monoisotopic (exact) mass is 295 g/mol. The number of aliphatic hydroxyl groups is 1. The van der Waals surface area contributed by atoms with Gasteiger partial charge in [0.05, 0.1) is 26.7 Å². The van der Waals surface area contributed by atoms with Crippen LogP contribution in [0.2, 0.25) is 0 Å². The highest BCUT2D eigenvalue weighted by atomic mass is 16.5. The van der Waals surface area contributed by atoms with Crippen molar-refractivity contribution in [3.63, 3.8) is 0 Å². The van der Waals surface area contributed by atoms with Gasteiger partial charge >= 0.3 is 5.97 Å². The summed E-state index contributed by atoms with van der Waals surface area (Å²) in [6, 6.07) is 5.32. The average molecular weight is 295 g/mol. The van der Waals surface area contributed by atoms with Crippen LogP contribution < -0.4 is 10.1 Å². The van der Waals surface area contributed by atoms with Gasteiger partial charge in [0.2, 0.25) is 0 Å². The molecule has 2 N–H and O–H groups in total. The fourth-order valence-electron chi connectivity index (χ4n) is 2.19. The number of methoxy groups -OCH3 is 2. The second kappa shape index (κ2) is 8.00. The van der Waals surface area contributed by atoms with Crippen LogP contribution in [0, 0.1) is 0 Å². The molecule has 0 amide bonds. The highest BCUT2D eigenvalue weighted by Crippen LogP contribution is 2.31. The number of hydrogen-bond acceptors (Lipinski definition) is 5. The zero-order chi connectivity index (χ0) is 16.0. The molecule has 1 rings (SSSR count). The number of rotatable bonds is 7. The van der Waals surface area contributed by atoms with E-state index in [2.05, 4.69) is 23.9 Å². The van der Waals surface area contributed by atoms with Crippen LogP contribution in [0.5, 0.6) is 5.75 Å². The van der Waals surface area contributed by atoms with Crippen molar-refractivity contribution in [1.29, 1.82) is 0 Å². The fourth-order valence-corrected chi connectivity index (χ4v) is 2.19. The Kier molecular flexibility index (Phi) is 6.65. The number of likely N-dealkylation sites (N-methyl/N-ethyl adjacent to an activating group) is 1. The quantitative estimate of drug-likeness (QED) is 0.753. The molecule has 0 aromatic heterocycles. The lowest BCUT2D eigenvalue weighted by Gasteiger charge is -2.24. The summed E-state index contributed by atoms with van der Waals surface area (Å²) < 4.78 is 9.99. The lowest BCUT2D eigenvalue weighted by Crippen LogP contribution is -2.35. The SMILES string of the molecule is CNC(CC(=O)OC)C(O)c1cc(C(C)C)ccc1OC. The van der Waals surface area contributed by atoms with Gasteiger partial charge in [-0.3, -0.25) is 4.79 Å². The summed E-state index contributed by atoms with van der Waals surface area (Å²) in [5.41, 5.74) is 1.78. The number of nitrogens with one attached hydrogen (secondary N) is 1. The smallest absolute Gasteiger partial charge is 0.307 e. The molecule has 21 heavy (non-hydrogen) atoms. The van der Waals surface area contributed by atoms with Gasteiger partial charge in [0, 0.05) is 11.6 Å². The predicted octanol–water partition coefficient (Wildman–Crippen LogP) is 2.00. The van der Waals surface area contributed by atoms with Gasteiger partial charge in [0.15, 0.2) is 0 Å². The number of ether oxygens (including phenoxy) is 2. The molecule has 0 bridgehead atoms. The number of aliphatic hydroxyl groups excluding tert-OH is 1. The summed E-state index contributed by atoms with van der Waals surface area (Å²) in [7, 11) is 4.60. The molecule has 0 saturated heterocycles. The zero-order valence-electron chi connectivity index (χ0n) is 13.3. The molecular weight excluding hydrogens is 270 g/mol. The van der Waals surface area contributed by atoms with E-state index in [1.165, 1.54) is 7.11 Å². The normalized spacial score (nSPS) is 13.9. The lowest BCUT2D eigenvalue weighted by atomic mass is 9.94. The van der Waals surface area contributed by atoms with E-state index in [9.17, 15) is 9.90 Å². The molecule has 0 heterocycles. The van der Waals surface area contributed by atoms with Crippen LogP contribution in [0.1, 0.15) is 43.4 Å². The topological polar surface area (TPSA) is 67.8 Å². The van der Waals surface area contributed by atoms with Crippen LogP contribution in [0.4, 0.5) is 0 Å². The second-order valence-electron chi connectivity index (χ2n) is 5.28. The molecule has 2 unspecified atom stereocenters. The summed E-state index contributed by atoms with van der Waals surface area (Å²) in [4.78, 5) is 11.4. The van der Waals surface area contributed by atoms with E-state index in [4.69, 9.17) is 4.74 Å². The van der Waals surface area contributed by atoms with Gasteiger partial charge in [0.1, 0.15) is 5.75 Å². The maximum Gasteiger partial charge on any atom is 0.307 e. The van der Waals surface area contributed by atoms with E-state index in [1.807, 2.05) is 18.2 Å². The Hall–Kier alpha value is -1.59. The van der Waals surface area contributed by atoms with Crippen molar-refractivity contribution in [2.24, 2.45) is 0 Å². The number of benzene rings is 1. The first-order valence-electron chi connectivity index (χ1n) is 7.04.